The molecule has 3 atom stereocenters. The van der Waals surface area contributed by atoms with Gasteiger partial charge in [0.1, 0.15) is 0 Å². The van der Waals surface area contributed by atoms with Crippen molar-refractivity contribution in [1.29, 1.82) is 0 Å². The third kappa shape index (κ3) is 3.24. The van der Waals surface area contributed by atoms with Crippen LogP contribution in [0.5, 0.6) is 0 Å². The number of nitrogens with two attached hydrogens (primary N) is 1. The molecule has 0 spiro atoms. The summed E-state index contributed by atoms with van der Waals surface area (Å²) in [7, 11) is -3.49. The van der Waals surface area contributed by atoms with Crippen molar-refractivity contribution >= 4 is 15.7 Å². The Morgan fingerprint density at radius 3 is 2.29 bits per heavy atom. The number of hydrogen-bond acceptors (Lipinski definition) is 3. The standard InChI is InChI=1S/C16H26N2O2S/c1-5-13-6-7-15(12(13)4)18-21(19,20)16-10(2)8-14(17)9-11(16)3/h8-9,12-13,15,18H,5-7,17H2,1-4H3. The fourth-order valence-corrected chi connectivity index (χ4v) is 5.47. The summed E-state index contributed by atoms with van der Waals surface area (Å²) in [6.45, 7) is 7.92. The van der Waals surface area contributed by atoms with E-state index in [0.717, 1.165) is 19.3 Å². The third-order valence-corrected chi connectivity index (χ3v) is 6.60. The Morgan fingerprint density at radius 1 is 1.24 bits per heavy atom. The maximum Gasteiger partial charge on any atom is 0.241 e. The number of nitrogen functional groups attached to an aromatic ring is 1. The first-order valence-electron chi connectivity index (χ1n) is 7.65. The highest BCUT2D eigenvalue weighted by Gasteiger charge is 2.35. The van der Waals surface area contributed by atoms with E-state index in [2.05, 4.69) is 18.6 Å². The summed E-state index contributed by atoms with van der Waals surface area (Å²) in [6, 6.07) is 3.47. The lowest BCUT2D eigenvalue weighted by Crippen LogP contribution is -2.38. The Morgan fingerprint density at radius 2 is 1.81 bits per heavy atom. The summed E-state index contributed by atoms with van der Waals surface area (Å²) in [5.41, 5.74) is 7.79. The van der Waals surface area contributed by atoms with E-state index in [1.807, 2.05) is 0 Å². The fourth-order valence-electron chi connectivity index (χ4n) is 3.66. The lowest BCUT2D eigenvalue weighted by Gasteiger charge is -2.22. The number of rotatable bonds is 4. The topological polar surface area (TPSA) is 72.2 Å². The van der Waals surface area contributed by atoms with Gasteiger partial charge in [0.2, 0.25) is 10.0 Å². The molecule has 1 aliphatic carbocycles. The van der Waals surface area contributed by atoms with E-state index >= 15 is 0 Å². The van der Waals surface area contributed by atoms with Gasteiger partial charge in [0.15, 0.2) is 0 Å². The summed E-state index contributed by atoms with van der Waals surface area (Å²) in [5, 5.41) is 0. The Labute approximate surface area is 128 Å². The minimum Gasteiger partial charge on any atom is -0.399 e. The van der Waals surface area contributed by atoms with Gasteiger partial charge in [-0.25, -0.2) is 13.1 Å². The smallest absolute Gasteiger partial charge is 0.241 e. The van der Waals surface area contributed by atoms with Crippen LogP contribution in [-0.4, -0.2) is 14.5 Å². The summed E-state index contributed by atoms with van der Waals surface area (Å²) < 4.78 is 28.4. The first kappa shape index (κ1) is 16.3. The monoisotopic (exact) mass is 310 g/mol. The van der Waals surface area contributed by atoms with Crippen molar-refractivity contribution in [1.82, 2.24) is 4.72 Å². The molecule has 3 N–H and O–H groups in total. The molecular weight excluding hydrogens is 284 g/mol. The molecule has 0 saturated heterocycles. The number of hydrogen-bond donors (Lipinski definition) is 2. The highest BCUT2D eigenvalue weighted by atomic mass is 32.2. The summed E-state index contributed by atoms with van der Waals surface area (Å²) in [4.78, 5) is 0.379. The predicted molar refractivity (Wildman–Crippen MR) is 86.6 cm³/mol. The molecule has 1 aromatic rings. The molecule has 118 valence electrons. The van der Waals surface area contributed by atoms with Gasteiger partial charge >= 0.3 is 0 Å². The first-order valence-corrected chi connectivity index (χ1v) is 9.13. The molecular formula is C16H26N2O2S. The summed E-state index contributed by atoms with van der Waals surface area (Å²) in [5.74, 6) is 1.01. The van der Waals surface area contributed by atoms with Gasteiger partial charge in [0, 0.05) is 11.7 Å². The fraction of sp³-hybridized carbons (Fsp3) is 0.625. The summed E-state index contributed by atoms with van der Waals surface area (Å²) in [6.07, 6.45) is 3.13. The maximum atomic E-state index is 12.7. The van der Waals surface area contributed by atoms with Gasteiger partial charge < -0.3 is 5.73 Å². The highest BCUT2D eigenvalue weighted by Crippen LogP contribution is 2.35. The lowest BCUT2D eigenvalue weighted by molar-refractivity contribution is 0.368. The average Bonchev–Trinajstić information content (AvgIpc) is 2.68. The molecule has 0 aromatic heterocycles. The quantitative estimate of drug-likeness (QED) is 0.840. The van der Waals surface area contributed by atoms with Gasteiger partial charge in [-0.1, -0.05) is 20.3 Å². The summed E-state index contributed by atoms with van der Waals surface area (Å²) >= 11 is 0. The van der Waals surface area contributed by atoms with E-state index in [4.69, 9.17) is 5.73 Å². The van der Waals surface area contributed by atoms with Crippen molar-refractivity contribution in [2.24, 2.45) is 11.8 Å². The van der Waals surface area contributed by atoms with Crippen LogP contribution in [0.25, 0.3) is 0 Å². The Kier molecular flexibility index (Phi) is 4.63. The van der Waals surface area contributed by atoms with Crippen LogP contribution < -0.4 is 10.5 Å². The Hall–Kier alpha value is -1.07. The van der Waals surface area contributed by atoms with Gasteiger partial charge in [-0.05, 0) is 61.8 Å². The van der Waals surface area contributed by atoms with E-state index in [1.165, 1.54) is 0 Å². The molecule has 3 unspecified atom stereocenters. The van der Waals surface area contributed by atoms with Crippen LogP contribution in [0.3, 0.4) is 0 Å². The normalized spacial score (nSPS) is 26.2. The Bertz CT molecular complexity index is 602. The predicted octanol–water partition coefficient (Wildman–Crippen LogP) is 2.99. The first-order chi connectivity index (χ1) is 9.76. The van der Waals surface area contributed by atoms with Crippen LogP contribution in [0.1, 0.15) is 44.2 Å². The zero-order valence-corrected chi connectivity index (χ0v) is 14.1. The third-order valence-electron chi connectivity index (χ3n) is 4.81. The van der Waals surface area contributed by atoms with Crippen LogP contribution in [0, 0.1) is 25.7 Å². The molecule has 1 saturated carbocycles. The number of sulfonamides is 1. The van der Waals surface area contributed by atoms with E-state index < -0.39 is 10.0 Å². The van der Waals surface area contributed by atoms with Crippen LogP contribution in [-0.2, 0) is 10.0 Å². The minimum absolute atomic E-state index is 0.0382. The minimum atomic E-state index is -3.49. The number of benzene rings is 1. The van der Waals surface area contributed by atoms with Crippen molar-refractivity contribution in [3.63, 3.8) is 0 Å². The van der Waals surface area contributed by atoms with E-state index in [1.54, 1.807) is 26.0 Å². The van der Waals surface area contributed by atoms with E-state index in [0.29, 0.717) is 33.5 Å². The second-order valence-electron chi connectivity index (χ2n) is 6.32. The van der Waals surface area contributed by atoms with Gasteiger partial charge in [0.05, 0.1) is 4.90 Å². The molecule has 0 amide bonds. The molecule has 1 aromatic carbocycles. The van der Waals surface area contributed by atoms with Crippen molar-refractivity contribution in [2.75, 3.05) is 5.73 Å². The maximum absolute atomic E-state index is 12.7. The molecule has 1 aliphatic rings. The molecule has 1 fully saturated rings. The second-order valence-corrected chi connectivity index (χ2v) is 7.97. The molecule has 0 aliphatic heterocycles. The van der Waals surface area contributed by atoms with Crippen LogP contribution in [0.2, 0.25) is 0 Å². The zero-order valence-electron chi connectivity index (χ0n) is 13.3. The van der Waals surface area contributed by atoms with E-state index in [9.17, 15) is 8.42 Å². The van der Waals surface area contributed by atoms with Crippen molar-refractivity contribution in [3.05, 3.63) is 23.3 Å². The largest absolute Gasteiger partial charge is 0.399 e. The average molecular weight is 310 g/mol. The molecule has 0 bridgehead atoms. The Balaban J connectivity index is 2.28. The van der Waals surface area contributed by atoms with Crippen LogP contribution in [0.15, 0.2) is 17.0 Å². The molecule has 21 heavy (non-hydrogen) atoms. The number of nitrogens with one attached hydrogen (secondary N) is 1. The van der Waals surface area contributed by atoms with Gasteiger partial charge in [0.25, 0.3) is 0 Å². The zero-order chi connectivity index (χ0) is 15.8. The van der Waals surface area contributed by atoms with Gasteiger partial charge in [-0.3, -0.25) is 0 Å². The van der Waals surface area contributed by atoms with E-state index in [-0.39, 0.29) is 6.04 Å². The molecule has 2 rings (SSSR count). The lowest BCUT2D eigenvalue weighted by atomic mass is 9.94. The molecule has 0 heterocycles. The number of aryl methyl sites for hydroxylation is 2. The molecule has 4 nitrogen and oxygen atoms in total. The van der Waals surface area contributed by atoms with Crippen molar-refractivity contribution < 1.29 is 8.42 Å². The van der Waals surface area contributed by atoms with Crippen LogP contribution in [0.4, 0.5) is 5.69 Å². The molecule has 5 heteroatoms. The second kappa shape index (κ2) is 5.97. The van der Waals surface area contributed by atoms with Gasteiger partial charge in [-0.2, -0.15) is 0 Å². The number of anilines is 1. The molecule has 0 radical (unpaired) electrons. The van der Waals surface area contributed by atoms with Gasteiger partial charge in [-0.15, -0.1) is 0 Å². The highest BCUT2D eigenvalue weighted by molar-refractivity contribution is 7.89. The van der Waals surface area contributed by atoms with Crippen molar-refractivity contribution in [3.8, 4) is 0 Å². The SMILES string of the molecule is CCC1CCC(NS(=O)(=O)c2c(C)cc(N)cc2C)C1C. The van der Waals surface area contributed by atoms with Crippen LogP contribution >= 0.6 is 0 Å². The van der Waals surface area contributed by atoms with Crippen molar-refractivity contribution in [2.45, 2.75) is 57.9 Å².